The standard InChI is InChI=1S/C17H14ClIN4/c1-9-13(7-20-8-15(9)19)12-5-11-3-4-16-22-21-10(2)23(16)17(11)14(18)6-12/h5-8H,3-4H2,1-2H3. The van der Waals surface area contributed by atoms with E-state index >= 15 is 0 Å². The highest BCUT2D eigenvalue weighted by molar-refractivity contribution is 14.1. The van der Waals surface area contributed by atoms with Gasteiger partial charge >= 0.3 is 0 Å². The molecule has 1 aromatic carbocycles. The monoisotopic (exact) mass is 436 g/mol. The topological polar surface area (TPSA) is 43.6 Å². The maximum atomic E-state index is 6.65. The minimum Gasteiger partial charge on any atom is -0.281 e. The number of hydrogen-bond donors (Lipinski definition) is 0. The van der Waals surface area contributed by atoms with Gasteiger partial charge in [0.05, 0.1) is 10.7 Å². The summed E-state index contributed by atoms with van der Waals surface area (Å²) < 4.78 is 3.23. The molecule has 0 unspecified atom stereocenters. The molecule has 0 spiro atoms. The maximum Gasteiger partial charge on any atom is 0.137 e. The Kier molecular flexibility index (Phi) is 3.65. The number of benzene rings is 1. The lowest BCUT2D eigenvalue weighted by Gasteiger charge is -2.21. The molecule has 23 heavy (non-hydrogen) atoms. The summed E-state index contributed by atoms with van der Waals surface area (Å²) in [4.78, 5) is 4.33. The molecule has 2 aromatic heterocycles. The zero-order chi connectivity index (χ0) is 16.1. The first kappa shape index (κ1) is 15.1. The molecule has 116 valence electrons. The molecular weight excluding hydrogens is 423 g/mol. The first-order valence-electron chi connectivity index (χ1n) is 7.40. The Morgan fingerprint density at radius 1 is 1.13 bits per heavy atom. The van der Waals surface area contributed by atoms with Crippen LogP contribution in [0.1, 0.15) is 22.8 Å². The van der Waals surface area contributed by atoms with Crippen molar-refractivity contribution in [2.24, 2.45) is 0 Å². The van der Waals surface area contributed by atoms with Crippen LogP contribution in [0, 0.1) is 17.4 Å². The number of rotatable bonds is 1. The summed E-state index contributed by atoms with van der Waals surface area (Å²) in [7, 11) is 0. The number of nitrogens with zero attached hydrogens (tertiary/aromatic N) is 4. The summed E-state index contributed by atoms with van der Waals surface area (Å²) in [5.74, 6) is 1.86. The first-order valence-corrected chi connectivity index (χ1v) is 8.86. The van der Waals surface area contributed by atoms with Crippen LogP contribution in [0.25, 0.3) is 16.8 Å². The van der Waals surface area contributed by atoms with Gasteiger partial charge < -0.3 is 0 Å². The highest BCUT2D eigenvalue weighted by Gasteiger charge is 2.23. The zero-order valence-corrected chi connectivity index (χ0v) is 15.7. The molecule has 4 rings (SSSR count). The van der Waals surface area contributed by atoms with Gasteiger partial charge in [-0.3, -0.25) is 9.55 Å². The Balaban J connectivity index is 1.94. The van der Waals surface area contributed by atoms with Gasteiger partial charge in [0.2, 0.25) is 0 Å². The normalized spacial score (nSPS) is 12.9. The Hall–Kier alpha value is -1.47. The Bertz CT molecular complexity index is 933. The van der Waals surface area contributed by atoms with E-state index in [-0.39, 0.29) is 0 Å². The van der Waals surface area contributed by atoms with Gasteiger partial charge in [0.25, 0.3) is 0 Å². The minimum absolute atomic E-state index is 0.736. The van der Waals surface area contributed by atoms with Crippen LogP contribution in [0.15, 0.2) is 24.5 Å². The predicted octanol–water partition coefficient (Wildman–Crippen LogP) is 4.30. The fourth-order valence-electron chi connectivity index (χ4n) is 3.15. The van der Waals surface area contributed by atoms with Crippen molar-refractivity contribution in [1.82, 2.24) is 19.7 Å². The zero-order valence-electron chi connectivity index (χ0n) is 12.8. The van der Waals surface area contributed by atoms with Crippen LogP contribution in [0.5, 0.6) is 0 Å². The number of aryl methyl sites for hydroxylation is 3. The SMILES string of the molecule is Cc1c(I)cncc1-c1cc(Cl)c2c(c1)CCc1nnc(C)n1-2. The van der Waals surface area contributed by atoms with E-state index in [9.17, 15) is 0 Å². The van der Waals surface area contributed by atoms with Gasteiger partial charge in [-0.25, -0.2) is 0 Å². The quantitative estimate of drug-likeness (QED) is 0.534. The van der Waals surface area contributed by atoms with Crippen LogP contribution in [0.4, 0.5) is 0 Å². The van der Waals surface area contributed by atoms with Crippen LogP contribution >= 0.6 is 34.2 Å². The molecule has 4 nitrogen and oxygen atoms in total. The van der Waals surface area contributed by atoms with E-state index in [4.69, 9.17) is 11.6 Å². The first-order chi connectivity index (χ1) is 11.1. The Labute approximate surface area is 153 Å². The number of pyridine rings is 1. The van der Waals surface area contributed by atoms with Crippen molar-refractivity contribution in [2.45, 2.75) is 26.7 Å². The van der Waals surface area contributed by atoms with Crippen molar-refractivity contribution >= 4 is 34.2 Å². The highest BCUT2D eigenvalue weighted by Crippen LogP contribution is 2.36. The summed E-state index contributed by atoms with van der Waals surface area (Å²) in [5.41, 5.74) is 5.74. The van der Waals surface area contributed by atoms with Gasteiger partial charge in [-0.15, -0.1) is 10.2 Å². The number of halogens is 2. The van der Waals surface area contributed by atoms with Gasteiger partial charge in [0.15, 0.2) is 0 Å². The molecule has 1 aliphatic heterocycles. The van der Waals surface area contributed by atoms with E-state index in [0.717, 1.165) is 49.9 Å². The number of aromatic nitrogens is 4. The van der Waals surface area contributed by atoms with Crippen molar-refractivity contribution in [3.8, 4) is 16.8 Å². The van der Waals surface area contributed by atoms with Crippen LogP contribution in [-0.4, -0.2) is 19.7 Å². The largest absolute Gasteiger partial charge is 0.281 e. The smallest absolute Gasteiger partial charge is 0.137 e. The molecule has 0 N–H and O–H groups in total. The molecule has 0 atom stereocenters. The van der Waals surface area contributed by atoms with Crippen molar-refractivity contribution < 1.29 is 0 Å². The van der Waals surface area contributed by atoms with Crippen molar-refractivity contribution in [3.05, 3.63) is 55.9 Å². The molecule has 6 heteroatoms. The van der Waals surface area contributed by atoms with Crippen LogP contribution < -0.4 is 0 Å². The molecule has 0 aliphatic carbocycles. The molecule has 0 saturated carbocycles. The number of fused-ring (bicyclic) bond motifs is 3. The van der Waals surface area contributed by atoms with Gasteiger partial charge in [0.1, 0.15) is 11.6 Å². The summed E-state index contributed by atoms with van der Waals surface area (Å²) in [5, 5.41) is 9.17. The minimum atomic E-state index is 0.736. The third kappa shape index (κ3) is 2.37. The van der Waals surface area contributed by atoms with Crippen LogP contribution in [0.3, 0.4) is 0 Å². The fourth-order valence-corrected chi connectivity index (χ4v) is 3.92. The molecular formula is C17H14ClIN4. The third-order valence-corrected chi connectivity index (χ3v) is 5.72. The number of hydrogen-bond acceptors (Lipinski definition) is 3. The van der Waals surface area contributed by atoms with E-state index in [1.807, 2.05) is 25.4 Å². The third-order valence-electron chi connectivity index (χ3n) is 4.34. The van der Waals surface area contributed by atoms with Crippen molar-refractivity contribution in [3.63, 3.8) is 0 Å². The molecule has 0 radical (unpaired) electrons. The lowest BCUT2D eigenvalue weighted by atomic mass is 9.96. The van der Waals surface area contributed by atoms with Gasteiger partial charge in [-0.1, -0.05) is 11.6 Å². The van der Waals surface area contributed by atoms with Gasteiger partial charge in [0, 0.05) is 27.9 Å². The molecule has 3 heterocycles. The summed E-state index contributed by atoms with van der Waals surface area (Å²) in [6.45, 7) is 4.08. The molecule has 0 amide bonds. The van der Waals surface area contributed by atoms with Crippen molar-refractivity contribution in [1.29, 1.82) is 0 Å². The fraction of sp³-hybridized carbons (Fsp3) is 0.235. The molecule has 1 aliphatic rings. The second kappa shape index (κ2) is 5.56. The summed E-state index contributed by atoms with van der Waals surface area (Å²) in [6.07, 6.45) is 5.61. The molecule has 0 fully saturated rings. The van der Waals surface area contributed by atoms with E-state index in [2.05, 4.69) is 55.3 Å². The van der Waals surface area contributed by atoms with Crippen molar-refractivity contribution in [2.75, 3.05) is 0 Å². The lowest BCUT2D eigenvalue weighted by Crippen LogP contribution is -2.14. The molecule has 3 aromatic rings. The maximum absolute atomic E-state index is 6.65. The van der Waals surface area contributed by atoms with E-state index < -0.39 is 0 Å². The Morgan fingerprint density at radius 3 is 2.78 bits per heavy atom. The highest BCUT2D eigenvalue weighted by atomic mass is 127. The Morgan fingerprint density at radius 2 is 1.96 bits per heavy atom. The van der Waals surface area contributed by atoms with E-state index in [0.29, 0.717) is 0 Å². The second-order valence-corrected chi connectivity index (χ2v) is 7.33. The molecule has 0 saturated heterocycles. The second-order valence-electron chi connectivity index (χ2n) is 5.76. The van der Waals surface area contributed by atoms with Gasteiger partial charge in [-0.05, 0) is 71.7 Å². The predicted molar refractivity (Wildman–Crippen MR) is 99.2 cm³/mol. The van der Waals surface area contributed by atoms with E-state index in [1.54, 1.807) is 0 Å². The summed E-state index contributed by atoms with van der Waals surface area (Å²) in [6, 6.07) is 4.25. The van der Waals surface area contributed by atoms with Crippen LogP contribution in [-0.2, 0) is 12.8 Å². The average Bonchev–Trinajstić information content (AvgIpc) is 2.91. The van der Waals surface area contributed by atoms with Crippen LogP contribution in [0.2, 0.25) is 5.02 Å². The molecule has 0 bridgehead atoms. The van der Waals surface area contributed by atoms with E-state index in [1.165, 1.54) is 11.1 Å². The summed E-state index contributed by atoms with van der Waals surface area (Å²) >= 11 is 8.96. The lowest BCUT2D eigenvalue weighted by molar-refractivity contribution is 0.767. The van der Waals surface area contributed by atoms with Gasteiger partial charge in [-0.2, -0.15) is 0 Å². The average molecular weight is 437 g/mol.